The van der Waals surface area contributed by atoms with E-state index in [1.165, 1.54) is 7.11 Å². The molecule has 4 aliphatic rings. The van der Waals surface area contributed by atoms with E-state index in [4.69, 9.17) is 28.4 Å². The maximum absolute atomic E-state index is 14.3. The number of methoxy groups -OCH3 is 1. The highest BCUT2D eigenvalue weighted by atomic mass is 16.7. The summed E-state index contributed by atoms with van der Waals surface area (Å²) >= 11 is 0. The van der Waals surface area contributed by atoms with Crippen LogP contribution >= 0.6 is 0 Å². The Morgan fingerprint density at radius 2 is 1.48 bits per heavy atom. The van der Waals surface area contributed by atoms with Gasteiger partial charge >= 0.3 is 5.97 Å². The highest BCUT2D eigenvalue weighted by Crippen LogP contribution is 2.42. The number of cyclic esters (lactones) is 1. The number of nitrogens with zero attached hydrogens (tertiary/aromatic N) is 1. The van der Waals surface area contributed by atoms with Gasteiger partial charge in [-0.3, -0.25) is 9.59 Å². The molecule has 0 aromatic rings. The van der Waals surface area contributed by atoms with Crippen molar-refractivity contribution in [2.45, 2.75) is 179 Å². The molecule has 18 atom stereocenters. The molecule has 3 saturated heterocycles. The van der Waals surface area contributed by atoms with Crippen LogP contribution in [0.25, 0.3) is 0 Å². The van der Waals surface area contributed by atoms with Crippen LogP contribution in [0.1, 0.15) is 101 Å². The van der Waals surface area contributed by atoms with Gasteiger partial charge in [0.2, 0.25) is 0 Å². The summed E-state index contributed by atoms with van der Waals surface area (Å²) in [5.41, 5.74) is -2.73. The Kier molecular flexibility index (Phi) is 14.4. The van der Waals surface area contributed by atoms with Gasteiger partial charge in [-0.25, -0.2) is 0 Å². The molecule has 0 aromatic carbocycles. The largest absolute Gasteiger partial charge is 0.461 e. The molecule has 302 valence electrons. The zero-order chi connectivity index (χ0) is 39.0. The second-order valence-electron chi connectivity index (χ2n) is 17.4. The molecule has 13 heteroatoms. The number of likely N-dealkylation sites (N-methyl/N-ethyl adjacent to an activating group) is 1. The third-order valence-corrected chi connectivity index (χ3v) is 12.9. The van der Waals surface area contributed by atoms with Crippen LogP contribution < -0.4 is 0 Å². The van der Waals surface area contributed by atoms with Crippen LogP contribution in [0, 0.1) is 35.5 Å². The normalized spacial score (nSPS) is 49.2. The van der Waals surface area contributed by atoms with Crippen molar-refractivity contribution in [2.75, 3.05) is 21.2 Å². The first-order valence-electron chi connectivity index (χ1n) is 19.5. The van der Waals surface area contributed by atoms with Gasteiger partial charge in [-0.2, -0.15) is 0 Å². The minimum atomic E-state index is -1.72. The van der Waals surface area contributed by atoms with E-state index in [1.807, 2.05) is 39.8 Å². The quantitative estimate of drug-likeness (QED) is 0.281. The second-order valence-corrected chi connectivity index (χ2v) is 17.4. The Labute approximate surface area is 311 Å². The topological polar surface area (TPSA) is 174 Å². The number of Topliss-reactive ketones (excluding diaryl/α,β-unsaturated/α-hetero) is 1. The third-order valence-electron chi connectivity index (χ3n) is 12.9. The fourth-order valence-corrected chi connectivity index (χ4v) is 9.16. The highest BCUT2D eigenvalue weighted by Gasteiger charge is 2.52. The fourth-order valence-electron chi connectivity index (χ4n) is 9.16. The van der Waals surface area contributed by atoms with Crippen LogP contribution in [0.3, 0.4) is 0 Å². The van der Waals surface area contributed by atoms with Crippen LogP contribution in [-0.2, 0) is 38.0 Å². The zero-order valence-electron chi connectivity index (χ0n) is 33.6. The van der Waals surface area contributed by atoms with Gasteiger partial charge in [0.05, 0.1) is 47.6 Å². The summed E-state index contributed by atoms with van der Waals surface area (Å²) in [6.45, 7) is 15.8. The van der Waals surface area contributed by atoms with E-state index in [2.05, 4.69) is 0 Å². The smallest absolute Gasteiger partial charge is 0.311 e. The number of aliphatic hydroxyl groups excluding tert-OH is 3. The van der Waals surface area contributed by atoms with E-state index in [-0.39, 0.29) is 36.7 Å². The van der Waals surface area contributed by atoms with E-state index in [1.54, 1.807) is 41.5 Å². The molecule has 13 nitrogen and oxygen atoms in total. The van der Waals surface area contributed by atoms with Gasteiger partial charge in [-0.1, -0.05) is 34.1 Å². The predicted molar refractivity (Wildman–Crippen MR) is 192 cm³/mol. The molecular formula is C39H69NO12. The molecule has 52 heavy (non-hydrogen) atoms. The van der Waals surface area contributed by atoms with Gasteiger partial charge in [0.15, 0.2) is 12.6 Å². The molecule has 1 aliphatic carbocycles. The standard InChI is InChI=1S/C39H69NO12/c1-19-17-38(8,46)35(52-37-31(43)27(40(10)11)16-20(2)48-37)23(5)32(50-28-18-39(9,47-12)34(44)25(7)49-28)24(6)36(45)51-33(26-14-13-15-26)22(4)30(42)21(3)29(19)41/h19-28,30-35,37,42-44,46H,13-18H2,1-12H3/t19-,20-,21+,22-,23+,24-,25+,27+,28+,30-,31-,32+,33+,34+,35-,37+,38-,39-/m1/s1. The van der Waals surface area contributed by atoms with Crippen LogP contribution in [-0.4, -0.2) is 137 Å². The van der Waals surface area contributed by atoms with Gasteiger partial charge in [-0.05, 0) is 80.3 Å². The first-order valence-corrected chi connectivity index (χ1v) is 19.5. The minimum Gasteiger partial charge on any atom is -0.461 e. The summed E-state index contributed by atoms with van der Waals surface area (Å²) in [6, 6.07) is -0.294. The number of esters is 1. The van der Waals surface area contributed by atoms with Crippen LogP contribution in [0.5, 0.6) is 0 Å². The Morgan fingerprint density at radius 1 is 0.846 bits per heavy atom. The molecule has 1 saturated carbocycles. The Bertz CT molecular complexity index is 1200. The molecule has 0 bridgehead atoms. The Balaban J connectivity index is 1.81. The average molecular weight is 744 g/mol. The number of hydrogen-bond acceptors (Lipinski definition) is 13. The number of ether oxygens (including phenoxy) is 6. The van der Waals surface area contributed by atoms with Gasteiger partial charge in [-0.15, -0.1) is 0 Å². The summed E-state index contributed by atoms with van der Waals surface area (Å²) in [6.07, 6.45) is -5.50. The maximum Gasteiger partial charge on any atom is 0.311 e. The third kappa shape index (κ3) is 9.22. The molecule has 0 radical (unpaired) electrons. The zero-order valence-corrected chi connectivity index (χ0v) is 33.6. The summed E-state index contributed by atoms with van der Waals surface area (Å²) in [5, 5.41) is 46.5. The van der Waals surface area contributed by atoms with Crippen molar-refractivity contribution in [1.82, 2.24) is 4.90 Å². The lowest BCUT2D eigenvalue weighted by atomic mass is 9.71. The molecule has 4 rings (SSSR count). The number of carbonyl (C=O) groups is 2. The van der Waals surface area contributed by atoms with Crippen LogP contribution in [0.15, 0.2) is 0 Å². The summed E-state index contributed by atoms with van der Waals surface area (Å²) < 4.78 is 37.8. The lowest BCUT2D eigenvalue weighted by molar-refractivity contribution is -0.317. The van der Waals surface area contributed by atoms with Crippen molar-refractivity contribution >= 4 is 11.8 Å². The van der Waals surface area contributed by atoms with Gasteiger partial charge in [0, 0.05) is 43.2 Å². The predicted octanol–water partition coefficient (Wildman–Crippen LogP) is 3.06. The molecule has 0 spiro atoms. The molecule has 3 aliphatic heterocycles. The van der Waals surface area contributed by atoms with E-state index in [0.29, 0.717) is 6.42 Å². The molecule has 4 fully saturated rings. The summed E-state index contributed by atoms with van der Waals surface area (Å²) in [7, 11) is 5.26. The maximum atomic E-state index is 14.3. The number of aliphatic hydroxyl groups is 4. The number of ketones is 1. The Hall–Kier alpha value is -1.26. The van der Waals surface area contributed by atoms with Crippen LogP contribution in [0.4, 0.5) is 0 Å². The van der Waals surface area contributed by atoms with Gasteiger partial charge in [0.1, 0.15) is 24.1 Å². The molecule has 4 N–H and O–H groups in total. The van der Waals surface area contributed by atoms with Crippen molar-refractivity contribution in [3.05, 3.63) is 0 Å². The second kappa shape index (κ2) is 17.3. The molecule has 0 amide bonds. The van der Waals surface area contributed by atoms with E-state index in [9.17, 15) is 30.0 Å². The molecule has 0 unspecified atom stereocenters. The summed E-state index contributed by atoms with van der Waals surface area (Å²) in [4.78, 5) is 30.2. The first kappa shape index (κ1) is 43.5. The van der Waals surface area contributed by atoms with Gasteiger partial charge in [0.25, 0.3) is 0 Å². The number of hydrogen-bond donors (Lipinski definition) is 4. The highest BCUT2D eigenvalue weighted by molar-refractivity contribution is 5.83. The molecular weight excluding hydrogens is 674 g/mol. The lowest BCUT2D eigenvalue weighted by Crippen LogP contribution is -2.60. The minimum absolute atomic E-state index is 0.0374. The average Bonchev–Trinajstić information content (AvgIpc) is 3.05. The van der Waals surface area contributed by atoms with E-state index < -0.39 is 102 Å². The van der Waals surface area contributed by atoms with E-state index in [0.717, 1.165) is 19.3 Å². The van der Waals surface area contributed by atoms with Crippen molar-refractivity contribution in [3.8, 4) is 0 Å². The van der Waals surface area contributed by atoms with Gasteiger partial charge < -0.3 is 53.7 Å². The van der Waals surface area contributed by atoms with Crippen molar-refractivity contribution in [2.24, 2.45) is 35.5 Å². The number of carbonyl (C=O) groups excluding carboxylic acids is 2. The summed E-state index contributed by atoms with van der Waals surface area (Å²) in [5.74, 6) is -4.41. The monoisotopic (exact) mass is 743 g/mol. The number of rotatable bonds is 7. The molecule has 0 aromatic heterocycles. The SMILES string of the molecule is CO[C@]1(C)C[C@H](O[C@H]2[C@H](C)[C@@H](O[C@@H]3O[C@H](C)C[C@H](N(C)C)[C@H]3O)[C@](C)(O)C[C@@H](C)C(=O)[C@H](C)[C@@H](O)[C@@H](C)[C@@H](C3CCC3)OC(=O)[C@@H]2C)O[C@@H](C)[C@@H]1O. The lowest BCUT2D eigenvalue weighted by Gasteiger charge is -2.49. The van der Waals surface area contributed by atoms with Crippen LogP contribution in [0.2, 0.25) is 0 Å². The fraction of sp³-hybridized carbons (Fsp3) is 0.949. The van der Waals surface area contributed by atoms with E-state index >= 15 is 0 Å². The first-order chi connectivity index (χ1) is 24.1. The Morgan fingerprint density at radius 3 is 2.04 bits per heavy atom. The molecule has 3 heterocycles. The van der Waals surface area contributed by atoms with Crippen molar-refractivity contribution in [1.29, 1.82) is 0 Å². The van der Waals surface area contributed by atoms with Crippen molar-refractivity contribution < 1.29 is 58.4 Å². The van der Waals surface area contributed by atoms with Crippen molar-refractivity contribution in [3.63, 3.8) is 0 Å².